The van der Waals surface area contributed by atoms with E-state index in [9.17, 15) is 4.79 Å². The first kappa shape index (κ1) is 15.7. The van der Waals surface area contributed by atoms with Crippen LogP contribution >= 0.6 is 0 Å². The molecule has 3 rings (SSSR count). The molecular weight excluding hydrogens is 290 g/mol. The van der Waals surface area contributed by atoms with Gasteiger partial charge < -0.3 is 10.2 Å². The van der Waals surface area contributed by atoms with Gasteiger partial charge >= 0.3 is 0 Å². The van der Waals surface area contributed by atoms with Gasteiger partial charge in [0.2, 0.25) is 5.91 Å². The van der Waals surface area contributed by atoms with Crippen molar-refractivity contribution in [3.05, 3.63) is 42.2 Å². The lowest BCUT2D eigenvalue weighted by molar-refractivity contribution is -0.130. The molecule has 0 spiro atoms. The predicted octanol–water partition coefficient (Wildman–Crippen LogP) is 1.62. The Bertz CT molecular complexity index is 633. The second kappa shape index (κ2) is 7.37. The Morgan fingerprint density at radius 1 is 1.39 bits per heavy atom. The lowest BCUT2D eigenvalue weighted by Gasteiger charge is -2.16. The predicted molar refractivity (Wildman–Crippen MR) is 88.0 cm³/mol. The molecule has 1 aromatic heterocycles. The molecule has 0 aliphatic carbocycles. The summed E-state index contributed by atoms with van der Waals surface area (Å²) in [6, 6.07) is 9.76. The smallest absolute Gasteiger partial charge is 0.222 e. The van der Waals surface area contributed by atoms with Crippen LogP contribution in [-0.4, -0.2) is 45.9 Å². The van der Waals surface area contributed by atoms with Gasteiger partial charge in [-0.25, -0.2) is 0 Å². The van der Waals surface area contributed by atoms with Crippen molar-refractivity contribution in [2.75, 3.05) is 20.1 Å². The SMILES string of the molecule is CN(Cc1cnn(-c2ccccc2)n1)C(=O)CCC1CCNC1. The molecule has 2 heterocycles. The van der Waals surface area contributed by atoms with Gasteiger partial charge in [-0.15, -0.1) is 0 Å². The van der Waals surface area contributed by atoms with E-state index in [1.165, 1.54) is 6.42 Å². The lowest BCUT2D eigenvalue weighted by atomic mass is 10.0. The number of nitrogens with one attached hydrogen (secondary N) is 1. The molecule has 1 aromatic carbocycles. The van der Waals surface area contributed by atoms with E-state index < -0.39 is 0 Å². The molecule has 0 radical (unpaired) electrons. The number of para-hydroxylation sites is 1. The average molecular weight is 313 g/mol. The first-order valence-electron chi connectivity index (χ1n) is 8.13. The van der Waals surface area contributed by atoms with Crippen LogP contribution in [0, 0.1) is 5.92 Å². The molecule has 1 aliphatic rings. The molecule has 1 saturated heterocycles. The highest BCUT2D eigenvalue weighted by Gasteiger charge is 2.18. The average Bonchev–Trinajstić information content (AvgIpc) is 3.25. The fourth-order valence-corrected chi connectivity index (χ4v) is 2.86. The van der Waals surface area contributed by atoms with Crippen LogP contribution in [0.1, 0.15) is 25.0 Å². The molecule has 6 nitrogen and oxygen atoms in total. The number of aromatic nitrogens is 3. The molecule has 23 heavy (non-hydrogen) atoms. The first-order valence-corrected chi connectivity index (χ1v) is 8.13. The van der Waals surface area contributed by atoms with E-state index in [-0.39, 0.29) is 5.91 Å². The molecule has 1 amide bonds. The minimum absolute atomic E-state index is 0.172. The van der Waals surface area contributed by atoms with Gasteiger partial charge in [0, 0.05) is 13.5 Å². The molecule has 1 fully saturated rings. The molecule has 1 unspecified atom stereocenters. The third-order valence-corrected chi connectivity index (χ3v) is 4.28. The summed E-state index contributed by atoms with van der Waals surface area (Å²) in [6.07, 6.45) is 4.47. The van der Waals surface area contributed by atoms with E-state index in [1.54, 1.807) is 15.9 Å². The maximum absolute atomic E-state index is 12.2. The van der Waals surface area contributed by atoms with Gasteiger partial charge in [0.25, 0.3) is 0 Å². The maximum atomic E-state index is 12.2. The Morgan fingerprint density at radius 3 is 2.96 bits per heavy atom. The van der Waals surface area contributed by atoms with Gasteiger partial charge in [-0.1, -0.05) is 18.2 Å². The minimum atomic E-state index is 0.172. The second-order valence-corrected chi connectivity index (χ2v) is 6.11. The number of hydrogen-bond donors (Lipinski definition) is 1. The highest BCUT2D eigenvalue weighted by Crippen LogP contribution is 2.15. The first-order chi connectivity index (χ1) is 11.2. The van der Waals surface area contributed by atoms with Crippen LogP contribution in [0.5, 0.6) is 0 Å². The number of hydrogen-bond acceptors (Lipinski definition) is 4. The van der Waals surface area contributed by atoms with Crippen LogP contribution in [0.25, 0.3) is 5.69 Å². The highest BCUT2D eigenvalue weighted by molar-refractivity contribution is 5.75. The van der Waals surface area contributed by atoms with Gasteiger partial charge in [-0.3, -0.25) is 4.79 Å². The van der Waals surface area contributed by atoms with Gasteiger partial charge in [0.05, 0.1) is 18.4 Å². The Morgan fingerprint density at radius 2 is 2.22 bits per heavy atom. The van der Waals surface area contributed by atoms with Crippen molar-refractivity contribution in [1.29, 1.82) is 0 Å². The Labute approximate surface area is 136 Å². The molecule has 1 N–H and O–H groups in total. The number of amides is 1. The molecule has 6 heteroatoms. The zero-order chi connectivity index (χ0) is 16.1. The third kappa shape index (κ3) is 4.16. The van der Waals surface area contributed by atoms with Crippen molar-refractivity contribution in [3.8, 4) is 5.69 Å². The van der Waals surface area contributed by atoms with E-state index in [2.05, 4.69) is 15.5 Å². The quantitative estimate of drug-likeness (QED) is 0.880. The van der Waals surface area contributed by atoms with Crippen LogP contribution < -0.4 is 5.32 Å². The van der Waals surface area contributed by atoms with Gasteiger partial charge in [0.1, 0.15) is 5.69 Å². The second-order valence-electron chi connectivity index (χ2n) is 6.11. The van der Waals surface area contributed by atoms with Gasteiger partial charge in [-0.05, 0) is 44.0 Å². The van der Waals surface area contributed by atoms with E-state index in [0.29, 0.717) is 18.9 Å². The van der Waals surface area contributed by atoms with Crippen molar-refractivity contribution in [2.24, 2.45) is 5.92 Å². The van der Waals surface area contributed by atoms with Crippen LogP contribution in [0.2, 0.25) is 0 Å². The van der Waals surface area contributed by atoms with E-state index >= 15 is 0 Å². The van der Waals surface area contributed by atoms with Crippen LogP contribution in [0.3, 0.4) is 0 Å². The zero-order valence-corrected chi connectivity index (χ0v) is 13.5. The van der Waals surface area contributed by atoms with E-state index in [4.69, 9.17) is 0 Å². The summed E-state index contributed by atoms with van der Waals surface area (Å²) in [5.74, 6) is 0.817. The summed E-state index contributed by atoms with van der Waals surface area (Å²) in [4.78, 5) is 15.6. The molecule has 0 saturated carbocycles. The molecule has 122 valence electrons. The molecule has 0 bridgehead atoms. The summed E-state index contributed by atoms with van der Waals surface area (Å²) < 4.78 is 0. The van der Waals surface area contributed by atoms with Crippen LogP contribution in [0.15, 0.2) is 36.5 Å². The summed E-state index contributed by atoms with van der Waals surface area (Å²) in [5.41, 5.74) is 1.72. The van der Waals surface area contributed by atoms with Crippen molar-refractivity contribution in [2.45, 2.75) is 25.8 Å². The topological polar surface area (TPSA) is 63.1 Å². The Balaban J connectivity index is 1.52. The summed E-state index contributed by atoms with van der Waals surface area (Å²) in [7, 11) is 1.83. The number of nitrogens with zero attached hydrogens (tertiary/aromatic N) is 4. The summed E-state index contributed by atoms with van der Waals surface area (Å²) in [6.45, 7) is 2.62. The van der Waals surface area contributed by atoms with Crippen LogP contribution in [0.4, 0.5) is 0 Å². The molecule has 1 atom stereocenters. The minimum Gasteiger partial charge on any atom is -0.340 e. The number of rotatable bonds is 6. The molecule has 2 aromatic rings. The standard InChI is InChI=1S/C17H23N5O/c1-21(17(23)8-7-14-9-10-18-11-14)13-15-12-19-22(20-15)16-5-3-2-4-6-16/h2-6,12,14,18H,7-11,13H2,1H3. The molecular formula is C17H23N5O. The monoisotopic (exact) mass is 313 g/mol. The fourth-order valence-electron chi connectivity index (χ4n) is 2.86. The van der Waals surface area contributed by atoms with Gasteiger partial charge in [0.15, 0.2) is 0 Å². The summed E-state index contributed by atoms with van der Waals surface area (Å²) in [5, 5.41) is 12.0. The normalized spacial score (nSPS) is 17.3. The number of benzene rings is 1. The van der Waals surface area contributed by atoms with Crippen molar-refractivity contribution in [3.63, 3.8) is 0 Å². The highest BCUT2D eigenvalue weighted by atomic mass is 16.2. The molecule has 1 aliphatic heterocycles. The van der Waals surface area contributed by atoms with Crippen molar-refractivity contribution >= 4 is 5.91 Å². The van der Waals surface area contributed by atoms with E-state index in [1.807, 2.05) is 37.4 Å². The number of carbonyl (C=O) groups is 1. The largest absolute Gasteiger partial charge is 0.340 e. The van der Waals surface area contributed by atoms with Crippen molar-refractivity contribution in [1.82, 2.24) is 25.2 Å². The number of carbonyl (C=O) groups excluding carboxylic acids is 1. The lowest BCUT2D eigenvalue weighted by Crippen LogP contribution is -2.27. The Kier molecular flexibility index (Phi) is 5.02. The van der Waals surface area contributed by atoms with Crippen molar-refractivity contribution < 1.29 is 4.79 Å². The zero-order valence-electron chi connectivity index (χ0n) is 13.5. The maximum Gasteiger partial charge on any atom is 0.222 e. The third-order valence-electron chi connectivity index (χ3n) is 4.28. The summed E-state index contributed by atoms with van der Waals surface area (Å²) >= 11 is 0. The fraction of sp³-hybridized carbons (Fsp3) is 0.471. The van der Waals surface area contributed by atoms with E-state index in [0.717, 1.165) is 30.9 Å². The van der Waals surface area contributed by atoms with Gasteiger partial charge in [-0.2, -0.15) is 15.0 Å². The van der Waals surface area contributed by atoms with Crippen LogP contribution in [-0.2, 0) is 11.3 Å². The Hall–Kier alpha value is -2.21.